The summed E-state index contributed by atoms with van der Waals surface area (Å²) >= 11 is 1.43. The van der Waals surface area contributed by atoms with Gasteiger partial charge in [0.05, 0.1) is 11.7 Å². The first-order valence-electron chi connectivity index (χ1n) is 9.77. The van der Waals surface area contributed by atoms with Gasteiger partial charge in [-0.3, -0.25) is 9.59 Å². The minimum Gasteiger partial charge on any atom is -0.387 e. The fraction of sp³-hybridized carbons (Fsp3) is 0.524. The van der Waals surface area contributed by atoms with Crippen LogP contribution in [0.2, 0.25) is 0 Å². The zero-order valence-corrected chi connectivity index (χ0v) is 17.5. The maximum Gasteiger partial charge on any atom is 0.253 e. The largest absolute Gasteiger partial charge is 0.387 e. The van der Waals surface area contributed by atoms with E-state index in [9.17, 15) is 14.7 Å². The number of thiophene rings is 1. The van der Waals surface area contributed by atoms with Gasteiger partial charge in [0, 0.05) is 34.1 Å². The molecule has 0 radical (unpaired) electrons. The van der Waals surface area contributed by atoms with Gasteiger partial charge in [-0.25, -0.2) is 0 Å². The van der Waals surface area contributed by atoms with E-state index < -0.39 is 6.10 Å². The number of rotatable bonds is 5. The van der Waals surface area contributed by atoms with Crippen molar-refractivity contribution in [1.29, 1.82) is 0 Å². The second-order valence-electron chi connectivity index (χ2n) is 7.88. The summed E-state index contributed by atoms with van der Waals surface area (Å²) in [7, 11) is 0. The summed E-state index contributed by atoms with van der Waals surface area (Å²) in [6.45, 7) is 5.75. The van der Waals surface area contributed by atoms with Crippen molar-refractivity contribution in [3.05, 3.63) is 54.6 Å². The number of amides is 1. The Kier molecular flexibility index (Phi) is 6.37. The first kappa shape index (κ1) is 20.8. The lowest BCUT2D eigenvalue weighted by Gasteiger charge is -2.29. The van der Waals surface area contributed by atoms with Crippen LogP contribution in [0.4, 0.5) is 0 Å². The molecule has 3 rings (SSSR count). The Morgan fingerprint density at radius 1 is 1.32 bits per heavy atom. The van der Waals surface area contributed by atoms with Crippen molar-refractivity contribution in [1.82, 2.24) is 10.3 Å². The minimum absolute atomic E-state index is 0.175. The van der Waals surface area contributed by atoms with Gasteiger partial charge in [0.1, 0.15) is 0 Å². The van der Waals surface area contributed by atoms with Gasteiger partial charge < -0.3 is 21.1 Å². The predicted octanol–water partition coefficient (Wildman–Crippen LogP) is 2.84. The highest BCUT2D eigenvalue weighted by Crippen LogP contribution is 2.38. The maximum atomic E-state index is 12.7. The van der Waals surface area contributed by atoms with E-state index in [1.807, 2.05) is 26.8 Å². The Hall–Kier alpha value is -1.96. The van der Waals surface area contributed by atoms with Crippen molar-refractivity contribution in [3.8, 4) is 0 Å². The first-order chi connectivity index (χ1) is 13.3. The van der Waals surface area contributed by atoms with Gasteiger partial charge in [-0.05, 0) is 69.6 Å². The molecule has 1 fully saturated rings. The molecule has 1 aliphatic rings. The highest BCUT2D eigenvalue weighted by atomic mass is 32.1. The van der Waals surface area contributed by atoms with Gasteiger partial charge in [0.25, 0.3) is 11.5 Å². The lowest BCUT2D eigenvalue weighted by Crippen LogP contribution is -2.29. The van der Waals surface area contributed by atoms with Crippen LogP contribution in [0.25, 0.3) is 0 Å². The highest BCUT2D eigenvalue weighted by molar-refractivity contribution is 7.10. The highest BCUT2D eigenvalue weighted by Gasteiger charge is 2.29. The number of nitrogens with one attached hydrogen (secondary N) is 2. The summed E-state index contributed by atoms with van der Waals surface area (Å²) in [6, 6.07) is 2.13. The fourth-order valence-electron chi connectivity index (χ4n) is 3.99. The van der Waals surface area contributed by atoms with Gasteiger partial charge in [0.15, 0.2) is 0 Å². The van der Waals surface area contributed by atoms with Gasteiger partial charge >= 0.3 is 0 Å². The van der Waals surface area contributed by atoms with Crippen LogP contribution in [-0.2, 0) is 6.54 Å². The molecule has 1 aliphatic carbocycles. The number of aromatic nitrogens is 1. The molecule has 5 N–H and O–H groups in total. The van der Waals surface area contributed by atoms with E-state index in [4.69, 9.17) is 5.73 Å². The zero-order chi connectivity index (χ0) is 20.4. The van der Waals surface area contributed by atoms with Crippen molar-refractivity contribution >= 4 is 17.2 Å². The summed E-state index contributed by atoms with van der Waals surface area (Å²) in [5.41, 5.74) is 9.39. The molecule has 1 atom stereocenters. The van der Waals surface area contributed by atoms with Crippen molar-refractivity contribution in [3.63, 3.8) is 0 Å². The number of carbonyl (C=O) groups is 1. The molecule has 7 heteroatoms. The van der Waals surface area contributed by atoms with Crippen LogP contribution < -0.4 is 16.6 Å². The third-order valence-corrected chi connectivity index (χ3v) is 6.93. The quantitative estimate of drug-likeness (QED) is 0.615. The van der Waals surface area contributed by atoms with Crippen LogP contribution >= 0.6 is 11.3 Å². The molecule has 2 aromatic heterocycles. The van der Waals surface area contributed by atoms with Crippen molar-refractivity contribution in [2.75, 3.05) is 0 Å². The Bertz CT molecular complexity index is 910. The topological polar surface area (TPSA) is 108 Å². The van der Waals surface area contributed by atoms with E-state index in [0.29, 0.717) is 11.1 Å². The molecule has 6 nitrogen and oxygen atoms in total. The van der Waals surface area contributed by atoms with E-state index in [1.54, 1.807) is 5.38 Å². The number of aromatic amines is 1. The smallest absolute Gasteiger partial charge is 0.253 e. The number of hydrogen-bond acceptors (Lipinski definition) is 5. The minimum atomic E-state index is -0.554. The third-order valence-electron chi connectivity index (χ3n) is 5.77. The standard InChI is InChI=1S/C21H29N3O3S/c1-11-8-12(2)24-21(27)16(11)9-23-20(26)17-10-28-19(13(17)3)18(25)14-4-6-15(22)7-5-14/h8,10,14-15,18,25H,4-7,9,22H2,1-3H3,(H,23,26)(H,24,27). The summed E-state index contributed by atoms with van der Waals surface area (Å²) in [5.74, 6) is -0.0286. The maximum absolute atomic E-state index is 12.7. The lowest BCUT2D eigenvalue weighted by atomic mass is 9.82. The van der Waals surface area contributed by atoms with Gasteiger partial charge in [0.2, 0.25) is 0 Å². The van der Waals surface area contributed by atoms with E-state index in [-0.39, 0.29) is 30.0 Å². The lowest BCUT2D eigenvalue weighted by molar-refractivity contribution is 0.0837. The summed E-state index contributed by atoms with van der Waals surface area (Å²) in [5, 5.41) is 15.4. The number of nitrogens with two attached hydrogens (primary N) is 1. The fourth-order valence-corrected chi connectivity index (χ4v) is 5.13. The van der Waals surface area contributed by atoms with E-state index in [1.165, 1.54) is 11.3 Å². The van der Waals surface area contributed by atoms with Gasteiger partial charge in [-0.2, -0.15) is 0 Å². The molecule has 152 valence electrons. The second-order valence-corrected chi connectivity index (χ2v) is 8.80. The molecule has 2 aromatic rings. The molecular formula is C21H29N3O3S. The summed E-state index contributed by atoms with van der Waals surface area (Å²) in [6.07, 6.45) is 3.14. The number of pyridine rings is 1. The number of aliphatic hydroxyl groups excluding tert-OH is 1. The predicted molar refractivity (Wildman–Crippen MR) is 112 cm³/mol. The number of hydrogen-bond donors (Lipinski definition) is 4. The molecule has 0 spiro atoms. The number of aliphatic hydroxyl groups is 1. The van der Waals surface area contributed by atoms with Crippen molar-refractivity contribution in [2.24, 2.45) is 11.7 Å². The molecule has 2 heterocycles. The molecule has 0 bridgehead atoms. The molecular weight excluding hydrogens is 374 g/mol. The van der Waals surface area contributed by atoms with Crippen molar-refractivity contribution in [2.45, 2.75) is 65.1 Å². The molecule has 0 aliphatic heterocycles. The van der Waals surface area contributed by atoms with Gasteiger partial charge in [-0.1, -0.05) is 0 Å². The Morgan fingerprint density at radius 2 is 2.00 bits per heavy atom. The molecule has 1 saturated carbocycles. The number of H-pyrrole nitrogens is 1. The Balaban J connectivity index is 1.69. The number of aryl methyl sites for hydroxylation is 2. The Morgan fingerprint density at radius 3 is 2.64 bits per heavy atom. The molecule has 28 heavy (non-hydrogen) atoms. The first-order valence-corrected chi connectivity index (χ1v) is 10.6. The normalized spacial score (nSPS) is 20.8. The van der Waals surface area contributed by atoms with Crippen LogP contribution in [0, 0.1) is 26.7 Å². The number of carbonyl (C=O) groups excluding carboxylic acids is 1. The summed E-state index contributed by atoms with van der Waals surface area (Å²) in [4.78, 5) is 28.4. The Labute approximate surface area is 169 Å². The molecule has 0 aromatic carbocycles. The summed E-state index contributed by atoms with van der Waals surface area (Å²) < 4.78 is 0. The van der Waals surface area contributed by atoms with Crippen molar-refractivity contribution < 1.29 is 9.90 Å². The van der Waals surface area contributed by atoms with Crippen LogP contribution in [0.1, 0.15) is 69.4 Å². The van der Waals surface area contributed by atoms with Crippen LogP contribution in [0.3, 0.4) is 0 Å². The SMILES string of the molecule is Cc1cc(C)c(CNC(=O)c2csc(C(O)C3CCC(N)CC3)c2C)c(=O)[nH]1. The molecule has 0 saturated heterocycles. The zero-order valence-electron chi connectivity index (χ0n) is 16.7. The van der Waals surface area contributed by atoms with Crippen LogP contribution in [0.15, 0.2) is 16.2 Å². The average Bonchev–Trinajstić information content (AvgIpc) is 3.02. The van der Waals surface area contributed by atoms with E-state index in [0.717, 1.165) is 47.4 Å². The second kappa shape index (κ2) is 8.59. The molecule has 1 unspecified atom stereocenters. The van der Waals surface area contributed by atoms with E-state index >= 15 is 0 Å². The van der Waals surface area contributed by atoms with Crippen LogP contribution in [-0.4, -0.2) is 22.0 Å². The van der Waals surface area contributed by atoms with Gasteiger partial charge in [-0.15, -0.1) is 11.3 Å². The van der Waals surface area contributed by atoms with Crippen LogP contribution in [0.5, 0.6) is 0 Å². The van der Waals surface area contributed by atoms with E-state index in [2.05, 4.69) is 10.3 Å². The average molecular weight is 404 g/mol. The third kappa shape index (κ3) is 4.37. The molecule has 1 amide bonds. The monoisotopic (exact) mass is 403 g/mol.